The summed E-state index contributed by atoms with van der Waals surface area (Å²) in [5, 5.41) is 0. The Labute approximate surface area is 80.9 Å². The van der Waals surface area contributed by atoms with E-state index in [0.29, 0.717) is 5.41 Å². The summed E-state index contributed by atoms with van der Waals surface area (Å²) in [6.45, 7) is 9.74. The Hall–Kier alpha value is 0.310. The quantitative estimate of drug-likeness (QED) is 0.665. The molecule has 1 heterocycles. The van der Waals surface area contributed by atoms with E-state index in [1.165, 1.54) is 25.4 Å². The largest absolute Gasteiger partial charge is 0.293 e. The van der Waals surface area contributed by atoms with Gasteiger partial charge < -0.3 is 0 Å². The summed E-state index contributed by atoms with van der Waals surface area (Å²) in [5.74, 6) is 2.16. The second-order valence-corrected chi connectivity index (χ2v) is 5.33. The summed E-state index contributed by atoms with van der Waals surface area (Å²) in [7, 11) is 0. The molecule has 1 aliphatic heterocycles. The normalized spacial score (nSPS) is 21.0. The van der Waals surface area contributed by atoms with Crippen molar-refractivity contribution in [3.63, 3.8) is 0 Å². The van der Waals surface area contributed by atoms with Gasteiger partial charge in [0.2, 0.25) is 0 Å². The van der Waals surface area contributed by atoms with E-state index in [-0.39, 0.29) is 0 Å². The van der Waals surface area contributed by atoms with Crippen LogP contribution in [0.4, 0.5) is 0 Å². The Morgan fingerprint density at radius 3 is 2.42 bits per heavy atom. The molecule has 0 aromatic heterocycles. The number of hydrogen-bond donors (Lipinski definition) is 0. The number of rotatable bonds is 4. The molecule has 1 rings (SSSR count). The molecule has 0 aromatic carbocycles. The highest BCUT2D eigenvalue weighted by Crippen LogP contribution is 2.37. The molecular weight excluding hydrogens is 166 g/mol. The number of likely N-dealkylation sites (tertiary alicyclic amines) is 1. The first-order valence-corrected chi connectivity index (χ1v) is 6.21. The van der Waals surface area contributed by atoms with Gasteiger partial charge in [-0.1, -0.05) is 27.2 Å². The van der Waals surface area contributed by atoms with Crippen molar-refractivity contribution in [3.8, 4) is 0 Å². The standard InChI is InChI=1S/C10H21NS/c1-5-10(2,3)9-6-11(7-9)8-12-4/h9H,5-8H2,1-4H3. The molecule has 72 valence electrons. The first-order valence-electron chi connectivity index (χ1n) is 4.81. The molecule has 0 aliphatic carbocycles. The fourth-order valence-corrected chi connectivity index (χ4v) is 2.22. The second kappa shape index (κ2) is 4.01. The fourth-order valence-electron chi connectivity index (χ4n) is 1.64. The topological polar surface area (TPSA) is 3.24 Å². The van der Waals surface area contributed by atoms with Gasteiger partial charge in [0.05, 0.1) is 0 Å². The highest BCUT2D eigenvalue weighted by atomic mass is 32.2. The zero-order valence-electron chi connectivity index (χ0n) is 8.76. The van der Waals surface area contributed by atoms with Crippen LogP contribution >= 0.6 is 11.8 Å². The van der Waals surface area contributed by atoms with Crippen LogP contribution < -0.4 is 0 Å². The molecule has 1 saturated heterocycles. The molecular formula is C10H21NS. The van der Waals surface area contributed by atoms with E-state index >= 15 is 0 Å². The molecule has 0 radical (unpaired) electrons. The van der Waals surface area contributed by atoms with Crippen molar-refractivity contribution in [1.29, 1.82) is 0 Å². The predicted octanol–water partition coefficient (Wildman–Crippen LogP) is 2.67. The maximum absolute atomic E-state index is 2.53. The monoisotopic (exact) mass is 187 g/mol. The van der Waals surface area contributed by atoms with E-state index in [0.717, 1.165) is 5.92 Å². The van der Waals surface area contributed by atoms with Crippen molar-refractivity contribution in [2.45, 2.75) is 27.2 Å². The fraction of sp³-hybridized carbons (Fsp3) is 1.00. The van der Waals surface area contributed by atoms with Gasteiger partial charge in [0.25, 0.3) is 0 Å². The Kier molecular flexibility index (Phi) is 3.47. The van der Waals surface area contributed by atoms with Gasteiger partial charge in [-0.2, -0.15) is 0 Å². The van der Waals surface area contributed by atoms with Crippen molar-refractivity contribution in [2.75, 3.05) is 25.2 Å². The lowest BCUT2D eigenvalue weighted by molar-refractivity contribution is 0.0279. The van der Waals surface area contributed by atoms with Crippen molar-refractivity contribution in [3.05, 3.63) is 0 Å². The summed E-state index contributed by atoms with van der Waals surface area (Å²) in [5.41, 5.74) is 0.564. The zero-order valence-corrected chi connectivity index (χ0v) is 9.58. The lowest BCUT2D eigenvalue weighted by Gasteiger charge is -2.47. The van der Waals surface area contributed by atoms with Crippen LogP contribution in [-0.2, 0) is 0 Å². The van der Waals surface area contributed by atoms with Crippen molar-refractivity contribution < 1.29 is 0 Å². The molecule has 1 fully saturated rings. The average Bonchev–Trinajstić information content (AvgIpc) is 1.95. The van der Waals surface area contributed by atoms with Gasteiger partial charge in [-0.15, -0.1) is 11.8 Å². The van der Waals surface area contributed by atoms with E-state index < -0.39 is 0 Å². The molecule has 0 saturated carbocycles. The maximum Gasteiger partial charge on any atom is 0.0441 e. The molecule has 0 aromatic rings. The molecule has 12 heavy (non-hydrogen) atoms. The van der Waals surface area contributed by atoms with Gasteiger partial charge in [-0.05, 0) is 17.6 Å². The lowest BCUT2D eigenvalue weighted by atomic mass is 9.73. The Bertz CT molecular complexity index is 139. The Morgan fingerprint density at radius 1 is 1.42 bits per heavy atom. The first kappa shape index (κ1) is 10.4. The number of thioether (sulfide) groups is 1. The van der Waals surface area contributed by atoms with Crippen LogP contribution in [0.3, 0.4) is 0 Å². The van der Waals surface area contributed by atoms with Crippen LogP contribution in [0.5, 0.6) is 0 Å². The maximum atomic E-state index is 2.53. The van der Waals surface area contributed by atoms with Gasteiger partial charge in [-0.25, -0.2) is 0 Å². The zero-order chi connectivity index (χ0) is 9.19. The van der Waals surface area contributed by atoms with Crippen LogP contribution in [0.15, 0.2) is 0 Å². The summed E-state index contributed by atoms with van der Waals surface area (Å²) in [4.78, 5) is 2.53. The average molecular weight is 187 g/mol. The number of hydrogen-bond acceptors (Lipinski definition) is 2. The molecule has 0 amide bonds. The Balaban J connectivity index is 2.24. The van der Waals surface area contributed by atoms with Crippen LogP contribution in [-0.4, -0.2) is 30.1 Å². The molecule has 0 unspecified atom stereocenters. The molecule has 0 spiro atoms. The summed E-state index contributed by atoms with van der Waals surface area (Å²) in [6, 6.07) is 0. The molecule has 0 bridgehead atoms. The SMILES string of the molecule is CCC(C)(C)C1CN(CSC)C1. The van der Waals surface area contributed by atoms with Gasteiger partial charge in [-0.3, -0.25) is 4.90 Å². The first-order chi connectivity index (χ1) is 5.60. The summed E-state index contributed by atoms with van der Waals surface area (Å²) >= 11 is 1.93. The highest BCUT2D eigenvalue weighted by molar-refractivity contribution is 7.98. The molecule has 2 heteroatoms. The third-order valence-corrected chi connectivity index (χ3v) is 3.91. The molecule has 1 aliphatic rings. The van der Waals surface area contributed by atoms with E-state index in [1.54, 1.807) is 0 Å². The molecule has 0 atom stereocenters. The van der Waals surface area contributed by atoms with Crippen LogP contribution in [0.25, 0.3) is 0 Å². The third kappa shape index (κ3) is 2.17. The Morgan fingerprint density at radius 2 is 2.00 bits per heavy atom. The van der Waals surface area contributed by atoms with E-state index in [2.05, 4.69) is 31.9 Å². The van der Waals surface area contributed by atoms with Crippen molar-refractivity contribution in [1.82, 2.24) is 4.90 Å². The van der Waals surface area contributed by atoms with E-state index in [4.69, 9.17) is 0 Å². The third-order valence-electron chi connectivity index (χ3n) is 3.29. The van der Waals surface area contributed by atoms with Crippen LogP contribution in [0.2, 0.25) is 0 Å². The van der Waals surface area contributed by atoms with E-state index in [9.17, 15) is 0 Å². The van der Waals surface area contributed by atoms with Gasteiger partial charge >= 0.3 is 0 Å². The second-order valence-electron chi connectivity index (χ2n) is 4.49. The lowest BCUT2D eigenvalue weighted by Crippen LogP contribution is -2.52. The predicted molar refractivity (Wildman–Crippen MR) is 57.5 cm³/mol. The minimum Gasteiger partial charge on any atom is -0.293 e. The minimum atomic E-state index is 0.564. The number of nitrogens with zero attached hydrogens (tertiary/aromatic N) is 1. The summed E-state index contributed by atoms with van der Waals surface area (Å²) in [6.07, 6.45) is 3.49. The van der Waals surface area contributed by atoms with E-state index in [1.807, 2.05) is 11.8 Å². The highest BCUT2D eigenvalue weighted by Gasteiger charge is 2.36. The van der Waals surface area contributed by atoms with Crippen LogP contribution in [0, 0.1) is 11.3 Å². The summed E-state index contributed by atoms with van der Waals surface area (Å²) < 4.78 is 0. The van der Waals surface area contributed by atoms with Gasteiger partial charge in [0.15, 0.2) is 0 Å². The van der Waals surface area contributed by atoms with Gasteiger partial charge in [0, 0.05) is 19.0 Å². The molecule has 0 N–H and O–H groups in total. The smallest absolute Gasteiger partial charge is 0.0441 e. The minimum absolute atomic E-state index is 0.564. The van der Waals surface area contributed by atoms with Crippen molar-refractivity contribution >= 4 is 11.8 Å². The van der Waals surface area contributed by atoms with Gasteiger partial charge in [0.1, 0.15) is 0 Å². The van der Waals surface area contributed by atoms with Crippen molar-refractivity contribution in [2.24, 2.45) is 11.3 Å². The molecule has 1 nitrogen and oxygen atoms in total. The van der Waals surface area contributed by atoms with Crippen LogP contribution in [0.1, 0.15) is 27.2 Å².